The van der Waals surface area contributed by atoms with E-state index >= 15 is 0 Å². The summed E-state index contributed by atoms with van der Waals surface area (Å²) in [4.78, 5) is 11.9. The van der Waals surface area contributed by atoms with Gasteiger partial charge in [0.25, 0.3) is 0 Å². The SMILES string of the molecule is CCOC(=O)C1(CC)OC12COC(CC)C2. The molecule has 0 N–H and O–H groups in total. The van der Waals surface area contributed by atoms with Gasteiger partial charge in [0.05, 0.1) is 19.3 Å². The molecule has 3 atom stereocenters. The first-order chi connectivity index (χ1) is 7.64. The van der Waals surface area contributed by atoms with Crippen LogP contribution in [-0.2, 0) is 19.0 Å². The number of esters is 1. The van der Waals surface area contributed by atoms with Gasteiger partial charge in [-0.1, -0.05) is 13.8 Å². The standard InChI is InChI=1S/C12H20O4/c1-4-9-7-11(8-15-9)12(5-2,16-11)10(13)14-6-3/h9H,4-8H2,1-3H3. The van der Waals surface area contributed by atoms with E-state index in [-0.39, 0.29) is 12.1 Å². The molecule has 4 nitrogen and oxygen atoms in total. The summed E-state index contributed by atoms with van der Waals surface area (Å²) in [6.45, 7) is 6.79. The molecule has 0 bridgehead atoms. The molecule has 16 heavy (non-hydrogen) atoms. The molecule has 4 heteroatoms. The van der Waals surface area contributed by atoms with Crippen LogP contribution in [0.25, 0.3) is 0 Å². The smallest absolute Gasteiger partial charge is 0.341 e. The van der Waals surface area contributed by atoms with Gasteiger partial charge >= 0.3 is 5.97 Å². The number of carbonyl (C=O) groups excluding carboxylic acids is 1. The summed E-state index contributed by atoms with van der Waals surface area (Å²) in [6.07, 6.45) is 2.66. The van der Waals surface area contributed by atoms with E-state index in [4.69, 9.17) is 14.2 Å². The van der Waals surface area contributed by atoms with Crippen molar-refractivity contribution in [3.05, 3.63) is 0 Å². The van der Waals surface area contributed by atoms with E-state index in [1.807, 2.05) is 13.8 Å². The highest BCUT2D eigenvalue weighted by atomic mass is 16.7. The van der Waals surface area contributed by atoms with Crippen LogP contribution in [-0.4, -0.2) is 36.5 Å². The van der Waals surface area contributed by atoms with E-state index in [1.54, 1.807) is 0 Å². The van der Waals surface area contributed by atoms with Crippen molar-refractivity contribution in [3.63, 3.8) is 0 Å². The summed E-state index contributed by atoms with van der Waals surface area (Å²) in [5.74, 6) is -0.224. The fourth-order valence-corrected chi connectivity index (χ4v) is 2.67. The molecule has 3 unspecified atom stereocenters. The van der Waals surface area contributed by atoms with Crippen molar-refractivity contribution in [2.45, 2.75) is 57.3 Å². The molecule has 2 aliphatic heterocycles. The number of ether oxygens (including phenoxy) is 3. The van der Waals surface area contributed by atoms with Gasteiger partial charge in [-0.2, -0.15) is 0 Å². The number of epoxide rings is 1. The van der Waals surface area contributed by atoms with Gasteiger partial charge in [0.15, 0.2) is 5.60 Å². The van der Waals surface area contributed by atoms with Crippen LogP contribution in [0.2, 0.25) is 0 Å². The molecular formula is C12H20O4. The van der Waals surface area contributed by atoms with Gasteiger partial charge in [0.1, 0.15) is 5.60 Å². The van der Waals surface area contributed by atoms with Crippen LogP contribution in [0.5, 0.6) is 0 Å². The van der Waals surface area contributed by atoms with Crippen molar-refractivity contribution >= 4 is 5.97 Å². The second-order valence-corrected chi connectivity index (χ2v) is 4.54. The predicted octanol–water partition coefficient (Wildman–Crippen LogP) is 1.67. The monoisotopic (exact) mass is 228 g/mol. The van der Waals surface area contributed by atoms with Gasteiger partial charge in [0.2, 0.25) is 0 Å². The molecule has 0 amide bonds. The van der Waals surface area contributed by atoms with Crippen LogP contribution in [0.4, 0.5) is 0 Å². The third-order valence-corrected chi connectivity index (χ3v) is 3.73. The maximum atomic E-state index is 11.9. The summed E-state index contributed by atoms with van der Waals surface area (Å²) < 4.78 is 16.5. The predicted molar refractivity (Wildman–Crippen MR) is 58.1 cm³/mol. The van der Waals surface area contributed by atoms with Crippen molar-refractivity contribution < 1.29 is 19.0 Å². The first kappa shape index (κ1) is 11.9. The highest BCUT2D eigenvalue weighted by Gasteiger charge is 2.76. The van der Waals surface area contributed by atoms with Crippen LogP contribution >= 0.6 is 0 Å². The van der Waals surface area contributed by atoms with Gasteiger partial charge in [-0.05, 0) is 19.8 Å². The largest absolute Gasteiger partial charge is 0.464 e. The van der Waals surface area contributed by atoms with Crippen molar-refractivity contribution in [1.29, 1.82) is 0 Å². The average molecular weight is 228 g/mol. The van der Waals surface area contributed by atoms with Gasteiger partial charge in [-0.3, -0.25) is 0 Å². The Morgan fingerprint density at radius 2 is 2.19 bits per heavy atom. The van der Waals surface area contributed by atoms with E-state index in [1.165, 1.54) is 0 Å². The topological polar surface area (TPSA) is 48.1 Å². The van der Waals surface area contributed by atoms with Crippen LogP contribution in [0.15, 0.2) is 0 Å². The van der Waals surface area contributed by atoms with Gasteiger partial charge in [-0.15, -0.1) is 0 Å². The third-order valence-electron chi connectivity index (χ3n) is 3.73. The Bertz CT molecular complexity index is 291. The first-order valence-corrected chi connectivity index (χ1v) is 6.13. The summed E-state index contributed by atoms with van der Waals surface area (Å²) in [5.41, 5.74) is -1.12. The van der Waals surface area contributed by atoms with E-state index in [2.05, 4.69) is 6.92 Å². The van der Waals surface area contributed by atoms with Crippen LogP contribution in [0, 0.1) is 0 Å². The number of hydrogen-bond acceptors (Lipinski definition) is 4. The third kappa shape index (κ3) is 1.47. The maximum Gasteiger partial charge on any atom is 0.341 e. The summed E-state index contributed by atoms with van der Waals surface area (Å²) >= 11 is 0. The maximum absolute atomic E-state index is 11.9. The zero-order valence-electron chi connectivity index (χ0n) is 10.2. The van der Waals surface area contributed by atoms with Crippen molar-refractivity contribution in [1.82, 2.24) is 0 Å². The van der Waals surface area contributed by atoms with E-state index in [0.29, 0.717) is 19.6 Å². The lowest BCUT2D eigenvalue weighted by atomic mass is 9.88. The fraction of sp³-hybridized carbons (Fsp3) is 0.917. The molecule has 92 valence electrons. The lowest BCUT2D eigenvalue weighted by Crippen LogP contribution is -2.36. The number of rotatable bonds is 4. The average Bonchev–Trinajstić information content (AvgIpc) is 2.72. The molecular weight excluding hydrogens is 208 g/mol. The second-order valence-electron chi connectivity index (χ2n) is 4.54. The Morgan fingerprint density at radius 1 is 1.44 bits per heavy atom. The molecule has 0 radical (unpaired) electrons. The van der Waals surface area contributed by atoms with Gasteiger partial charge in [-0.25, -0.2) is 4.79 Å². The van der Waals surface area contributed by atoms with Gasteiger partial charge < -0.3 is 14.2 Å². The Hall–Kier alpha value is -0.610. The Kier molecular flexibility index (Phi) is 2.97. The summed E-state index contributed by atoms with van der Waals surface area (Å²) in [5, 5.41) is 0. The van der Waals surface area contributed by atoms with Crippen molar-refractivity contribution in [2.75, 3.05) is 13.2 Å². The zero-order chi connectivity index (χ0) is 11.8. The van der Waals surface area contributed by atoms with Crippen LogP contribution in [0.3, 0.4) is 0 Å². The molecule has 0 aromatic heterocycles. The van der Waals surface area contributed by atoms with Crippen molar-refractivity contribution in [3.8, 4) is 0 Å². The minimum atomic E-state index is -0.729. The normalized spacial score (nSPS) is 41.3. The Balaban J connectivity index is 2.08. The molecule has 0 aliphatic carbocycles. The minimum absolute atomic E-state index is 0.224. The molecule has 0 aromatic carbocycles. The zero-order valence-corrected chi connectivity index (χ0v) is 10.2. The van der Waals surface area contributed by atoms with Crippen LogP contribution in [0.1, 0.15) is 40.0 Å². The molecule has 2 fully saturated rings. The van der Waals surface area contributed by atoms with Gasteiger partial charge in [0, 0.05) is 6.42 Å². The quantitative estimate of drug-likeness (QED) is 0.542. The Labute approximate surface area is 96.2 Å². The number of carbonyl (C=O) groups is 1. The highest BCUT2D eigenvalue weighted by Crippen LogP contribution is 2.57. The fourth-order valence-electron chi connectivity index (χ4n) is 2.67. The van der Waals surface area contributed by atoms with E-state index < -0.39 is 11.2 Å². The van der Waals surface area contributed by atoms with E-state index in [0.717, 1.165) is 12.8 Å². The molecule has 0 aromatic rings. The summed E-state index contributed by atoms with van der Waals surface area (Å²) in [7, 11) is 0. The highest BCUT2D eigenvalue weighted by molar-refractivity contribution is 5.85. The lowest BCUT2D eigenvalue weighted by Gasteiger charge is -2.12. The molecule has 1 spiro atoms. The minimum Gasteiger partial charge on any atom is -0.464 e. The molecule has 2 saturated heterocycles. The molecule has 2 heterocycles. The van der Waals surface area contributed by atoms with Crippen LogP contribution < -0.4 is 0 Å². The molecule has 2 aliphatic rings. The Morgan fingerprint density at radius 3 is 2.69 bits per heavy atom. The first-order valence-electron chi connectivity index (χ1n) is 6.13. The lowest BCUT2D eigenvalue weighted by molar-refractivity contribution is -0.149. The second kappa shape index (κ2) is 4.00. The van der Waals surface area contributed by atoms with E-state index in [9.17, 15) is 4.79 Å². The molecule has 0 saturated carbocycles. The molecule has 2 rings (SSSR count). The number of hydrogen-bond donors (Lipinski definition) is 0. The van der Waals surface area contributed by atoms with Crippen molar-refractivity contribution in [2.24, 2.45) is 0 Å². The summed E-state index contributed by atoms with van der Waals surface area (Å²) in [6, 6.07) is 0.